The minimum atomic E-state index is -0.413. The van der Waals surface area contributed by atoms with E-state index in [1.807, 2.05) is 0 Å². The lowest BCUT2D eigenvalue weighted by molar-refractivity contribution is -0.384. The average Bonchev–Trinajstić information content (AvgIpc) is 2.85. The highest BCUT2D eigenvalue weighted by atomic mass is 16.6. The first-order valence-electron chi connectivity index (χ1n) is 6.08. The number of rotatable bonds is 5. The van der Waals surface area contributed by atoms with Gasteiger partial charge in [-0.05, 0) is 12.1 Å². The van der Waals surface area contributed by atoms with E-state index in [9.17, 15) is 10.1 Å². The normalized spacial score (nSPS) is 10.9. The van der Waals surface area contributed by atoms with E-state index in [-0.39, 0.29) is 5.69 Å². The molecule has 6 nitrogen and oxygen atoms in total. The minimum Gasteiger partial charge on any atom is -0.341 e. The van der Waals surface area contributed by atoms with Gasteiger partial charge in [0.15, 0.2) is 0 Å². The zero-order chi connectivity index (χ0) is 13.8. The molecule has 0 unspecified atom stereocenters. The van der Waals surface area contributed by atoms with Crippen LogP contribution in [-0.4, -0.2) is 20.9 Å². The second-order valence-electron chi connectivity index (χ2n) is 4.60. The van der Waals surface area contributed by atoms with Crippen molar-refractivity contribution in [2.24, 2.45) is 0 Å². The standard InChI is InChI=1S/C13H16N4O2/c1-9(2)14-7-11-8-15-13(16-11)10-3-5-12(6-4-10)17(18)19/h3-6,8-9,14H,7H2,1-2H3,(H,15,16). The van der Waals surface area contributed by atoms with Gasteiger partial charge in [-0.15, -0.1) is 0 Å². The number of aromatic amines is 1. The van der Waals surface area contributed by atoms with E-state index in [0.717, 1.165) is 23.6 Å². The SMILES string of the molecule is CC(C)NCc1cnc(-c2ccc([N+](=O)[O-])cc2)[nH]1. The summed E-state index contributed by atoms with van der Waals surface area (Å²) in [6, 6.07) is 6.74. The molecule has 2 N–H and O–H groups in total. The second-order valence-corrected chi connectivity index (χ2v) is 4.60. The van der Waals surface area contributed by atoms with Gasteiger partial charge in [-0.25, -0.2) is 4.98 Å². The first-order valence-corrected chi connectivity index (χ1v) is 6.08. The molecule has 0 fully saturated rings. The predicted molar refractivity (Wildman–Crippen MR) is 72.7 cm³/mol. The topological polar surface area (TPSA) is 83.8 Å². The number of hydrogen-bond donors (Lipinski definition) is 2. The quantitative estimate of drug-likeness (QED) is 0.639. The van der Waals surface area contributed by atoms with Gasteiger partial charge in [0.25, 0.3) is 5.69 Å². The van der Waals surface area contributed by atoms with Gasteiger partial charge in [-0.1, -0.05) is 13.8 Å². The smallest absolute Gasteiger partial charge is 0.269 e. The van der Waals surface area contributed by atoms with Crippen LogP contribution < -0.4 is 5.32 Å². The molecule has 1 aromatic heterocycles. The Balaban J connectivity index is 2.11. The van der Waals surface area contributed by atoms with Gasteiger partial charge in [-0.3, -0.25) is 10.1 Å². The molecule has 0 atom stereocenters. The number of H-pyrrole nitrogens is 1. The Morgan fingerprint density at radius 3 is 2.63 bits per heavy atom. The van der Waals surface area contributed by atoms with Crippen molar-refractivity contribution in [2.45, 2.75) is 26.4 Å². The maximum absolute atomic E-state index is 10.6. The Hall–Kier alpha value is -2.21. The van der Waals surface area contributed by atoms with E-state index in [0.29, 0.717) is 6.04 Å². The van der Waals surface area contributed by atoms with Crippen LogP contribution in [0.3, 0.4) is 0 Å². The minimum absolute atomic E-state index is 0.0806. The monoisotopic (exact) mass is 260 g/mol. The third-order valence-electron chi connectivity index (χ3n) is 2.68. The molecular formula is C13H16N4O2. The molecule has 2 rings (SSSR count). The number of aromatic nitrogens is 2. The van der Waals surface area contributed by atoms with E-state index in [1.54, 1.807) is 18.3 Å². The Bertz CT molecular complexity index is 560. The van der Waals surface area contributed by atoms with Crippen molar-refractivity contribution in [3.8, 4) is 11.4 Å². The number of non-ortho nitro benzene ring substituents is 1. The number of hydrogen-bond acceptors (Lipinski definition) is 4. The number of nitrogens with zero attached hydrogens (tertiary/aromatic N) is 2. The number of imidazole rings is 1. The van der Waals surface area contributed by atoms with Crippen molar-refractivity contribution >= 4 is 5.69 Å². The zero-order valence-corrected chi connectivity index (χ0v) is 10.9. The fraction of sp³-hybridized carbons (Fsp3) is 0.308. The summed E-state index contributed by atoms with van der Waals surface area (Å²) in [6.07, 6.45) is 1.77. The highest BCUT2D eigenvalue weighted by Gasteiger charge is 2.07. The van der Waals surface area contributed by atoms with Gasteiger partial charge in [0, 0.05) is 42.2 Å². The summed E-state index contributed by atoms with van der Waals surface area (Å²) in [5.74, 6) is 0.718. The lowest BCUT2D eigenvalue weighted by atomic mass is 10.2. The summed E-state index contributed by atoms with van der Waals surface area (Å²) in [5, 5.41) is 13.9. The summed E-state index contributed by atoms with van der Waals surface area (Å²) < 4.78 is 0. The lowest BCUT2D eigenvalue weighted by Gasteiger charge is -2.05. The Morgan fingerprint density at radius 2 is 2.05 bits per heavy atom. The van der Waals surface area contributed by atoms with Crippen LogP contribution in [0.15, 0.2) is 30.5 Å². The van der Waals surface area contributed by atoms with Gasteiger partial charge < -0.3 is 10.3 Å². The third kappa shape index (κ3) is 3.38. The van der Waals surface area contributed by atoms with E-state index in [1.165, 1.54) is 12.1 Å². The van der Waals surface area contributed by atoms with Gasteiger partial charge in [-0.2, -0.15) is 0 Å². The van der Waals surface area contributed by atoms with Crippen LogP contribution >= 0.6 is 0 Å². The number of nitro groups is 1. The molecule has 0 spiro atoms. The number of nitrogens with one attached hydrogen (secondary N) is 2. The van der Waals surface area contributed by atoms with E-state index in [4.69, 9.17) is 0 Å². The molecule has 0 aliphatic rings. The molecule has 2 aromatic rings. The second kappa shape index (κ2) is 5.62. The predicted octanol–water partition coefficient (Wildman–Crippen LogP) is 2.48. The molecular weight excluding hydrogens is 244 g/mol. The summed E-state index contributed by atoms with van der Waals surface area (Å²) >= 11 is 0. The van der Waals surface area contributed by atoms with Gasteiger partial charge in [0.2, 0.25) is 0 Å². The summed E-state index contributed by atoms with van der Waals surface area (Å²) in [4.78, 5) is 17.6. The molecule has 19 heavy (non-hydrogen) atoms. The van der Waals surface area contributed by atoms with E-state index >= 15 is 0 Å². The molecule has 1 heterocycles. The molecule has 0 bridgehead atoms. The first kappa shape index (κ1) is 13.2. The molecule has 100 valence electrons. The molecule has 6 heteroatoms. The molecule has 0 radical (unpaired) electrons. The number of benzene rings is 1. The zero-order valence-electron chi connectivity index (χ0n) is 10.9. The van der Waals surface area contributed by atoms with E-state index < -0.39 is 4.92 Å². The van der Waals surface area contributed by atoms with Gasteiger partial charge >= 0.3 is 0 Å². The van der Waals surface area contributed by atoms with Crippen LogP contribution in [0.4, 0.5) is 5.69 Å². The van der Waals surface area contributed by atoms with Crippen molar-refractivity contribution in [1.82, 2.24) is 15.3 Å². The Labute approximate surface area is 111 Å². The largest absolute Gasteiger partial charge is 0.341 e. The molecule has 0 saturated heterocycles. The molecule has 0 amide bonds. The molecule has 0 saturated carbocycles. The lowest BCUT2D eigenvalue weighted by Crippen LogP contribution is -2.21. The van der Waals surface area contributed by atoms with Crippen molar-refractivity contribution in [2.75, 3.05) is 0 Å². The average molecular weight is 260 g/mol. The fourth-order valence-corrected chi connectivity index (χ4v) is 1.65. The summed E-state index contributed by atoms with van der Waals surface area (Å²) in [7, 11) is 0. The van der Waals surface area contributed by atoms with Crippen LogP contribution in [0.2, 0.25) is 0 Å². The highest BCUT2D eigenvalue weighted by Crippen LogP contribution is 2.19. The Morgan fingerprint density at radius 1 is 1.37 bits per heavy atom. The molecule has 1 aromatic carbocycles. The first-order chi connectivity index (χ1) is 9.06. The summed E-state index contributed by atoms with van der Waals surface area (Å²) in [5.41, 5.74) is 1.90. The highest BCUT2D eigenvalue weighted by molar-refractivity contribution is 5.57. The van der Waals surface area contributed by atoms with Gasteiger partial charge in [0.05, 0.1) is 4.92 Å². The van der Waals surface area contributed by atoms with Crippen molar-refractivity contribution in [3.05, 3.63) is 46.3 Å². The van der Waals surface area contributed by atoms with Crippen molar-refractivity contribution in [1.29, 1.82) is 0 Å². The molecule has 0 aliphatic carbocycles. The third-order valence-corrected chi connectivity index (χ3v) is 2.68. The fourth-order valence-electron chi connectivity index (χ4n) is 1.65. The summed E-state index contributed by atoms with van der Waals surface area (Å²) in [6.45, 7) is 4.87. The van der Waals surface area contributed by atoms with Crippen LogP contribution in [0.1, 0.15) is 19.5 Å². The van der Waals surface area contributed by atoms with Crippen LogP contribution in [-0.2, 0) is 6.54 Å². The number of nitro benzene ring substituents is 1. The maximum Gasteiger partial charge on any atom is 0.269 e. The van der Waals surface area contributed by atoms with Crippen molar-refractivity contribution in [3.63, 3.8) is 0 Å². The maximum atomic E-state index is 10.6. The van der Waals surface area contributed by atoms with Crippen LogP contribution in [0.5, 0.6) is 0 Å². The van der Waals surface area contributed by atoms with Crippen molar-refractivity contribution < 1.29 is 4.92 Å². The Kier molecular flexibility index (Phi) is 3.91. The van der Waals surface area contributed by atoms with E-state index in [2.05, 4.69) is 29.1 Å². The van der Waals surface area contributed by atoms with Gasteiger partial charge in [0.1, 0.15) is 5.82 Å². The molecule has 0 aliphatic heterocycles. The van der Waals surface area contributed by atoms with Crippen LogP contribution in [0.25, 0.3) is 11.4 Å². The van der Waals surface area contributed by atoms with Crippen LogP contribution in [0, 0.1) is 10.1 Å².